The third-order valence-electron chi connectivity index (χ3n) is 5.84. The molecule has 0 radical (unpaired) electrons. The van der Waals surface area contributed by atoms with Crippen LogP contribution in [0, 0.1) is 0 Å². The number of nitrogens with zero attached hydrogens (tertiary/aromatic N) is 5. The number of hydrogen-bond acceptors (Lipinski definition) is 7. The number of nitrogens with one attached hydrogen (secondary N) is 1. The van der Waals surface area contributed by atoms with E-state index in [-0.39, 0.29) is 13.2 Å². The molecular weight excluding hydrogens is 468 g/mol. The minimum Gasteiger partial charge on any atom is -0.444 e. The Labute approximate surface area is 210 Å². The molecule has 1 aromatic carbocycles. The number of carbonyl (C=O) groups excluding carboxylic acids is 1. The number of piperidine rings is 1. The molecular formula is C25H31ClN6O3. The standard InChI is InChI=1S/C25H31ClN6O3/c1-25(2,3)35-24(34)28-15-22-29-30-23(32(22)21-8-7-19(26)14-18(21)16-33)31-12-9-17(10-13-31)20-6-4-5-11-27-20/h4-8,11,14,17,33H,9-10,12-13,15-16H2,1-3H3,(H,28,34). The molecule has 0 saturated carbocycles. The number of aromatic nitrogens is 4. The van der Waals surface area contributed by atoms with Crippen LogP contribution in [0.25, 0.3) is 5.69 Å². The normalized spacial score (nSPS) is 14.7. The van der Waals surface area contributed by atoms with Gasteiger partial charge in [0.25, 0.3) is 0 Å². The molecule has 1 fully saturated rings. The summed E-state index contributed by atoms with van der Waals surface area (Å²) < 4.78 is 7.24. The summed E-state index contributed by atoms with van der Waals surface area (Å²) in [7, 11) is 0. The second-order valence-electron chi connectivity index (χ2n) is 9.55. The van der Waals surface area contributed by atoms with E-state index in [4.69, 9.17) is 16.3 Å². The Bertz CT molecular complexity index is 1150. The van der Waals surface area contributed by atoms with Crippen molar-refractivity contribution in [2.45, 2.75) is 58.3 Å². The second kappa shape index (κ2) is 10.6. The molecule has 1 aliphatic rings. The SMILES string of the molecule is CC(C)(C)OC(=O)NCc1nnc(N2CCC(c3ccccn3)CC2)n1-c1ccc(Cl)cc1CO. The van der Waals surface area contributed by atoms with Gasteiger partial charge < -0.3 is 20.1 Å². The van der Waals surface area contributed by atoms with Crippen LogP contribution >= 0.6 is 11.6 Å². The maximum atomic E-state index is 12.3. The van der Waals surface area contributed by atoms with Gasteiger partial charge in [0.1, 0.15) is 5.60 Å². The third kappa shape index (κ3) is 6.10. The van der Waals surface area contributed by atoms with Gasteiger partial charge in [0.2, 0.25) is 5.95 Å². The van der Waals surface area contributed by atoms with Gasteiger partial charge in [0, 0.05) is 41.5 Å². The lowest BCUT2D eigenvalue weighted by Crippen LogP contribution is -2.35. The molecule has 1 amide bonds. The van der Waals surface area contributed by atoms with Crippen molar-refractivity contribution in [2.75, 3.05) is 18.0 Å². The molecule has 35 heavy (non-hydrogen) atoms. The first-order valence-electron chi connectivity index (χ1n) is 11.7. The Kier molecular flexibility index (Phi) is 7.57. The maximum Gasteiger partial charge on any atom is 0.408 e. The molecule has 0 atom stereocenters. The minimum absolute atomic E-state index is 0.111. The first-order valence-corrected chi connectivity index (χ1v) is 12.1. The predicted octanol–water partition coefficient (Wildman–Crippen LogP) is 4.22. The van der Waals surface area contributed by atoms with Crippen LogP contribution < -0.4 is 10.2 Å². The monoisotopic (exact) mass is 498 g/mol. The number of carbonyl (C=O) groups is 1. The van der Waals surface area contributed by atoms with E-state index in [0.29, 0.717) is 34.0 Å². The Morgan fingerprint density at radius 3 is 2.63 bits per heavy atom. The highest BCUT2D eigenvalue weighted by Crippen LogP contribution is 2.31. The summed E-state index contributed by atoms with van der Waals surface area (Å²) in [5.41, 5.74) is 1.85. The summed E-state index contributed by atoms with van der Waals surface area (Å²) in [6, 6.07) is 11.3. The highest BCUT2D eigenvalue weighted by atomic mass is 35.5. The number of aliphatic hydroxyl groups is 1. The summed E-state index contributed by atoms with van der Waals surface area (Å²) >= 11 is 6.18. The van der Waals surface area contributed by atoms with Crippen molar-refractivity contribution in [3.05, 3.63) is 64.7 Å². The van der Waals surface area contributed by atoms with Gasteiger partial charge in [-0.2, -0.15) is 0 Å². The molecule has 3 aromatic rings. The molecule has 2 N–H and O–H groups in total. The zero-order chi connectivity index (χ0) is 25.0. The van der Waals surface area contributed by atoms with Gasteiger partial charge in [-0.3, -0.25) is 9.55 Å². The van der Waals surface area contributed by atoms with E-state index < -0.39 is 11.7 Å². The molecule has 3 heterocycles. The molecule has 2 aromatic heterocycles. The van der Waals surface area contributed by atoms with Crippen LogP contribution in [-0.4, -0.2) is 49.6 Å². The van der Waals surface area contributed by atoms with Crippen LogP contribution in [0.1, 0.15) is 56.6 Å². The van der Waals surface area contributed by atoms with Crippen LogP contribution in [0.2, 0.25) is 5.02 Å². The van der Waals surface area contributed by atoms with Gasteiger partial charge in [-0.05, 0) is 63.9 Å². The van der Waals surface area contributed by atoms with E-state index in [1.807, 2.05) is 49.7 Å². The van der Waals surface area contributed by atoms with Gasteiger partial charge in [-0.25, -0.2) is 4.79 Å². The lowest BCUT2D eigenvalue weighted by atomic mass is 9.93. The Hall–Kier alpha value is -3.17. The quantitative estimate of drug-likeness (QED) is 0.524. The van der Waals surface area contributed by atoms with Crippen LogP contribution in [0.4, 0.5) is 10.7 Å². The number of aliphatic hydroxyl groups excluding tert-OH is 1. The van der Waals surface area contributed by atoms with E-state index in [2.05, 4.69) is 31.5 Å². The molecule has 186 valence electrons. The largest absolute Gasteiger partial charge is 0.444 e. The Balaban J connectivity index is 1.61. The average Bonchev–Trinajstić information content (AvgIpc) is 3.26. The maximum absolute atomic E-state index is 12.3. The zero-order valence-corrected chi connectivity index (χ0v) is 21.0. The van der Waals surface area contributed by atoms with Crippen LogP contribution in [0.5, 0.6) is 0 Å². The lowest BCUT2D eigenvalue weighted by Gasteiger charge is -2.32. The van der Waals surface area contributed by atoms with Gasteiger partial charge in [0.15, 0.2) is 5.82 Å². The molecule has 0 bridgehead atoms. The number of anilines is 1. The average molecular weight is 499 g/mol. The van der Waals surface area contributed by atoms with Crippen molar-refractivity contribution in [2.24, 2.45) is 0 Å². The van der Waals surface area contributed by atoms with Crippen molar-refractivity contribution in [3.8, 4) is 5.69 Å². The fraction of sp³-hybridized carbons (Fsp3) is 0.440. The summed E-state index contributed by atoms with van der Waals surface area (Å²) in [6.45, 7) is 6.89. The number of ether oxygens (including phenoxy) is 1. The minimum atomic E-state index is -0.610. The molecule has 1 saturated heterocycles. The van der Waals surface area contributed by atoms with Crippen LogP contribution in [0.3, 0.4) is 0 Å². The molecule has 0 spiro atoms. The second-order valence-corrected chi connectivity index (χ2v) is 9.99. The van der Waals surface area contributed by atoms with Crippen LogP contribution in [-0.2, 0) is 17.9 Å². The molecule has 0 aliphatic carbocycles. The molecule has 10 heteroatoms. The van der Waals surface area contributed by atoms with E-state index in [9.17, 15) is 9.90 Å². The fourth-order valence-electron chi connectivity index (χ4n) is 4.23. The van der Waals surface area contributed by atoms with E-state index in [0.717, 1.165) is 31.6 Å². The summed E-state index contributed by atoms with van der Waals surface area (Å²) in [5.74, 6) is 1.57. The summed E-state index contributed by atoms with van der Waals surface area (Å²) in [6.07, 6.45) is 3.16. The fourth-order valence-corrected chi connectivity index (χ4v) is 4.42. The number of alkyl carbamates (subject to hydrolysis) is 1. The Morgan fingerprint density at radius 2 is 1.97 bits per heavy atom. The highest BCUT2D eigenvalue weighted by molar-refractivity contribution is 6.30. The lowest BCUT2D eigenvalue weighted by molar-refractivity contribution is 0.0522. The smallest absolute Gasteiger partial charge is 0.408 e. The highest BCUT2D eigenvalue weighted by Gasteiger charge is 2.27. The number of rotatable bonds is 6. The molecule has 9 nitrogen and oxygen atoms in total. The van der Waals surface area contributed by atoms with Crippen molar-refractivity contribution < 1.29 is 14.6 Å². The van der Waals surface area contributed by atoms with E-state index in [1.54, 1.807) is 12.1 Å². The summed E-state index contributed by atoms with van der Waals surface area (Å²) in [4.78, 5) is 19.0. The van der Waals surface area contributed by atoms with Crippen molar-refractivity contribution in [3.63, 3.8) is 0 Å². The third-order valence-corrected chi connectivity index (χ3v) is 6.07. The zero-order valence-electron chi connectivity index (χ0n) is 20.2. The first kappa shape index (κ1) is 24.9. The number of amides is 1. The van der Waals surface area contributed by atoms with Crippen molar-refractivity contribution in [1.29, 1.82) is 0 Å². The number of pyridine rings is 1. The van der Waals surface area contributed by atoms with Gasteiger partial charge in [-0.15, -0.1) is 10.2 Å². The summed E-state index contributed by atoms with van der Waals surface area (Å²) in [5, 5.41) is 22.2. The van der Waals surface area contributed by atoms with Crippen molar-refractivity contribution >= 4 is 23.6 Å². The van der Waals surface area contributed by atoms with Gasteiger partial charge in [0.05, 0.1) is 18.8 Å². The number of benzene rings is 1. The van der Waals surface area contributed by atoms with E-state index in [1.165, 1.54) is 0 Å². The first-order chi connectivity index (χ1) is 16.7. The van der Waals surface area contributed by atoms with E-state index >= 15 is 0 Å². The molecule has 4 rings (SSSR count). The number of hydrogen-bond donors (Lipinski definition) is 2. The molecule has 1 aliphatic heterocycles. The van der Waals surface area contributed by atoms with Crippen molar-refractivity contribution in [1.82, 2.24) is 25.1 Å². The topological polar surface area (TPSA) is 105 Å². The molecule has 0 unspecified atom stereocenters. The van der Waals surface area contributed by atoms with Gasteiger partial charge in [-0.1, -0.05) is 17.7 Å². The number of halogens is 1. The predicted molar refractivity (Wildman–Crippen MR) is 134 cm³/mol. The Morgan fingerprint density at radius 1 is 1.20 bits per heavy atom. The van der Waals surface area contributed by atoms with Crippen LogP contribution in [0.15, 0.2) is 42.6 Å². The van der Waals surface area contributed by atoms with Gasteiger partial charge >= 0.3 is 6.09 Å².